The van der Waals surface area contributed by atoms with Crippen LogP contribution < -0.4 is 10.6 Å². The molecule has 0 aliphatic heterocycles. The highest BCUT2D eigenvalue weighted by atomic mass is 16.6. The van der Waals surface area contributed by atoms with E-state index in [1.54, 1.807) is 45.0 Å². The Balaban J connectivity index is 2.09. The van der Waals surface area contributed by atoms with Gasteiger partial charge in [0.05, 0.1) is 0 Å². The monoisotopic (exact) mass is 571 g/mol. The second kappa shape index (κ2) is 13.9. The first-order valence-electron chi connectivity index (χ1n) is 14.0. The Bertz CT molecular complexity index is 1410. The third-order valence-electron chi connectivity index (χ3n) is 6.57. The first kappa shape index (κ1) is 31.9. The number of rotatable bonds is 10. The van der Waals surface area contributed by atoms with Crippen LogP contribution in [0.5, 0.6) is 5.75 Å². The first-order chi connectivity index (χ1) is 19.8. The van der Waals surface area contributed by atoms with Crippen LogP contribution in [0.15, 0.2) is 79.4 Å². The molecule has 2 atom stereocenters. The highest BCUT2D eigenvalue weighted by molar-refractivity contribution is 5.99. The number of nitrogens with one attached hydrogen (secondary N) is 2. The summed E-state index contributed by atoms with van der Waals surface area (Å²) in [6.07, 6.45) is 1.04. The molecule has 0 spiro atoms. The molecule has 0 fully saturated rings. The van der Waals surface area contributed by atoms with Crippen LogP contribution in [0.25, 0.3) is 6.08 Å². The number of benzene rings is 3. The van der Waals surface area contributed by atoms with Gasteiger partial charge in [0.15, 0.2) is 0 Å². The molecule has 0 aliphatic carbocycles. The fraction of sp³-hybridized carbons (Fsp3) is 0.324. The molecule has 0 saturated heterocycles. The SMILES string of the molecule is C=Cc1cccc(C(C(=O)Nc2ccccc2C)N(C(=O)C(Cc2ccc(O)cc2)NC(=O)OC(C)(C)C)C(C)C)c1. The Morgan fingerprint density at radius 2 is 1.67 bits per heavy atom. The average Bonchev–Trinajstić information content (AvgIpc) is 2.92. The summed E-state index contributed by atoms with van der Waals surface area (Å²) < 4.78 is 5.48. The standard InChI is InChI=1S/C34H41N3O5/c1-8-24-13-11-14-26(20-24)30(31(39)35-28-15-10-9-12-23(28)4)37(22(2)3)32(40)29(36-33(41)42-34(5,6)7)21-25-16-18-27(38)19-17-25/h8-20,22,29-30,38H,1,21H2,2-7H3,(H,35,39)(H,36,41). The van der Waals surface area contributed by atoms with Crippen LogP contribution in [0.4, 0.5) is 10.5 Å². The number of nitrogens with zero attached hydrogens (tertiary/aromatic N) is 1. The minimum Gasteiger partial charge on any atom is -0.508 e. The predicted octanol–water partition coefficient (Wildman–Crippen LogP) is 6.40. The van der Waals surface area contributed by atoms with Gasteiger partial charge in [0.2, 0.25) is 5.91 Å². The van der Waals surface area contributed by atoms with E-state index in [1.165, 1.54) is 17.0 Å². The van der Waals surface area contributed by atoms with Gasteiger partial charge in [-0.25, -0.2) is 4.79 Å². The molecule has 8 heteroatoms. The summed E-state index contributed by atoms with van der Waals surface area (Å²) >= 11 is 0. The molecule has 42 heavy (non-hydrogen) atoms. The van der Waals surface area contributed by atoms with Crippen molar-refractivity contribution < 1.29 is 24.2 Å². The summed E-state index contributed by atoms with van der Waals surface area (Å²) in [5.41, 5.74) is 2.83. The molecule has 3 N–H and O–H groups in total. The van der Waals surface area contributed by atoms with E-state index in [2.05, 4.69) is 17.2 Å². The number of carbonyl (C=O) groups excluding carboxylic acids is 3. The highest BCUT2D eigenvalue weighted by Gasteiger charge is 2.38. The quantitative estimate of drug-likeness (QED) is 0.261. The smallest absolute Gasteiger partial charge is 0.408 e. The highest BCUT2D eigenvalue weighted by Crippen LogP contribution is 2.29. The maximum Gasteiger partial charge on any atom is 0.408 e. The van der Waals surface area contributed by atoms with E-state index >= 15 is 0 Å². The van der Waals surface area contributed by atoms with Gasteiger partial charge >= 0.3 is 6.09 Å². The number of para-hydroxylation sites is 1. The molecule has 0 heterocycles. The van der Waals surface area contributed by atoms with Crippen LogP contribution in [0.3, 0.4) is 0 Å². The lowest BCUT2D eigenvalue weighted by molar-refractivity contribution is -0.142. The molecule has 0 saturated carbocycles. The van der Waals surface area contributed by atoms with E-state index in [0.717, 1.165) is 11.1 Å². The van der Waals surface area contributed by atoms with E-state index in [4.69, 9.17) is 4.74 Å². The van der Waals surface area contributed by atoms with Crippen molar-refractivity contribution in [2.45, 2.75) is 71.7 Å². The second-order valence-corrected chi connectivity index (χ2v) is 11.5. The van der Waals surface area contributed by atoms with E-state index in [0.29, 0.717) is 16.8 Å². The molecule has 0 bridgehead atoms. The predicted molar refractivity (Wildman–Crippen MR) is 166 cm³/mol. The molecule has 2 unspecified atom stereocenters. The van der Waals surface area contributed by atoms with E-state index < -0.39 is 41.6 Å². The van der Waals surface area contributed by atoms with Crippen LogP contribution in [0.1, 0.15) is 62.9 Å². The number of hydrogen-bond acceptors (Lipinski definition) is 5. The van der Waals surface area contributed by atoms with Gasteiger partial charge in [-0.1, -0.05) is 61.2 Å². The molecule has 0 radical (unpaired) electrons. The second-order valence-electron chi connectivity index (χ2n) is 11.5. The first-order valence-corrected chi connectivity index (χ1v) is 14.0. The maximum atomic E-state index is 14.5. The lowest BCUT2D eigenvalue weighted by atomic mass is 9.97. The van der Waals surface area contributed by atoms with E-state index in [-0.39, 0.29) is 12.2 Å². The van der Waals surface area contributed by atoms with Crippen molar-refractivity contribution in [2.75, 3.05) is 5.32 Å². The van der Waals surface area contributed by atoms with Crippen molar-refractivity contribution in [3.05, 3.63) is 102 Å². The van der Waals surface area contributed by atoms with Crippen LogP contribution in [0, 0.1) is 6.92 Å². The molecule has 3 amide bonds. The molecule has 3 aromatic rings. The number of hydrogen-bond donors (Lipinski definition) is 3. The zero-order chi connectivity index (χ0) is 31.0. The topological polar surface area (TPSA) is 108 Å². The Labute approximate surface area is 248 Å². The number of amides is 3. The average molecular weight is 572 g/mol. The third-order valence-corrected chi connectivity index (χ3v) is 6.57. The number of anilines is 1. The van der Waals surface area contributed by atoms with Gasteiger partial charge in [0.1, 0.15) is 23.4 Å². The van der Waals surface area contributed by atoms with Crippen molar-refractivity contribution in [3.63, 3.8) is 0 Å². The van der Waals surface area contributed by atoms with Crippen molar-refractivity contribution in [2.24, 2.45) is 0 Å². The van der Waals surface area contributed by atoms with Crippen molar-refractivity contribution in [1.82, 2.24) is 10.2 Å². The summed E-state index contributed by atoms with van der Waals surface area (Å²) in [7, 11) is 0. The number of phenols is 1. The van der Waals surface area contributed by atoms with Gasteiger partial charge in [-0.05, 0) is 88.1 Å². The Morgan fingerprint density at radius 3 is 2.26 bits per heavy atom. The Hall–Kier alpha value is -4.59. The minimum absolute atomic E-state index is 0.0839. The lowest BCUT2D eigenvalue weighted by Gasteiger charge is -2.37. The largest absolute Gasteiger partial charge is 0.508 e. The van der Waals surface area contributed by atoms with Gasteiger partial charge in [-0.3, -0.25) is 9.59 Å². The molecular formula is C34H41N3O5. The number of aryl methyl sites for hydroxylation is 1. The van der Waals surface area contributed by atoms with E-state index in [9.17, 15) is 19.5 Å². The summed E-state index contributed by atoms with van der Waals surface area (Å²) in [6.45, 7) is 14.6. The Morgan fingerprint density at radius 1 is 1.00 bits per heavy atom. The number of alkyl carbamates (subject to hydrolysis) is 1. The van der Waals surface area contributed by atoms with Crippen molar-refractivity contribution in [3.8, 4) is 5.75 Å². The molecule has 0 aromatic heterocycles. The van der Waals surface area contributed by atoms with Crippen molar-refractivity contribution >= 4 is 29.7 Å². The number of ether oxygens (including phenoxy) is 1. The fourth-order valence-corrected chi connectivity index (χ4v) is 4.59. The molecule has 3 rings (SSSR count). The fourth-order valence-electron chi connectivity index (χ4n) is 4.59. The Kier molecular flexibility index (Phi) is 10.5. The van der Waals surface area contributed by atoms with Crippen LogP contribution in [-0.2, 0) is 20.7 Å². The summed E-state index contributed by atoms with van der Waals surface area (Å²) in [5, 5.41) is 15.5. The number of aromatic hydroxyl groups is 1. The zero-order valence-electron chi connectivity index (χ0n) is 25.2. The van der Waals surface area contributed by atoms with Crippen LogP contribution in [0.2, 0.25) is 0 Å². The van der Waals surface area contributed by atoms with Crippen LogP contribution >= 0.6 is 0 Å². The molecular weight excluding hydrogens is 530 g/mol. The maximum absolute atomic E-state index is 14.5. The molecule has 8 nitrogen and oxygen atoms in total. The number of phenolic OH excluding ortho intramolecular Hbond substituents is 1. The van der Waals surface area contributed by atoms with Gasteiger partial charge in [-0.15, -0.1) is 0 Å². The zero-order valence-corrected chi connectivity index (χ0v) is 25.2. The van der Waals surface area contributed by atoms with Gasteiger partial charge in [0.25, 0.3) is 5.91 Å². The van der Waals surface area contributed by atoms with Gasteiger partial charge in [-0.2, -0.15) is 0 Å². The summed E-state index contributed by atoms with van der Waals surface area (Å²) in [6, 6.07) is 18.6. The normalized spacial score (nSPS) is 12.6. The van der Waals surface area contributed by atoms with E-state index in [1.807, 2.05) is 63.2 Å². The summed E-state index contributed by atoms with van der Waals surface area (Å²) in [4.78, 5) is 42.9. The molecule has 0 aliphatic rings. The molecule has 222 valence electrons. The van der Waals surface area contributed by atoms with Crippen LogP contribution in [-0.4, -0.2) is 45.6 Å². The van der Waals surface area contributed by atoms with Crippen molar-refractivity contribution in [1.29, 1.82) is 0 Å². The van der Waals surface area contributed by atoms with Gasteiger partial charge in [0, 0.05) is 18.2 Å². The number of carbonyl (C=O) groups is 3. The third kappa shape index (κ3) is 8.70. The molecule has 3 aromatic carbocycles. The summed E-state index contributed by atoms with van der Waals surface area (Å²) in [5.74, 6) is -0.772. The lowest BCUT2D eigenvalue weighted by Crippen LogP contribution is -2.55. The minimum atomic E-state index is -1.07. The van der Waals surface area contributed by atoms with Gasteiger partial charge < -0.3 is 25.4 Å².